The minimum absolute atomic E-state index is 0.355. The molecule has 2 aromatic rings. The third-order valence-electron chi connectivity index (χ3n) is 2.40. The van der Waals surface area contributed by atoms with E-state index in [0.29, 0.717) is 10.6 Å². The summed E-state index contributed by atoms with van der Waals surface area (Å²) in [6, 6.07) is 5.23. The molecule has 3 N–H and O–H groups in total. The first-order valence-electron chi connectivity index (χ1n) is 4.74. The number of H-pyrrole nitrogens is 1. The second-order valence-corrected chi connectivity index (χ2v) is 3.96. The van der Waals surface area contributed by atoms with Gasteiger partial charge in [-0.2, -0.15) is 0 Å². The van der Waals surface area contributed by atoms with Gasteiger partial charge in [0.15, 0.2) is 0 Å². The minimum atomic E-state index is -1.09. The van der Waals surface area contributed by atoms with Crippen molar-refractivity contribution < 1.29 is 15.0 Å². The fraction of sp³-hybridized carbons (Fsp3) is 0.182. The minimum Gasteiger partial charge on any atom is -0.481 e. The Balaban J connectivity index is 2.42. The van der Waals surface area contributed by atoms with Crippen LogP contribution in [0.25, 0.3) is 10.9 Å². The first-order chi connectivity index (χ1) is 7.58. The second kappa shape index (κ2) is 4.15. The zero-order valence-electron chi connectivity index (χ0n) is 8.27. The van der Waals surface area contributed by atoms with Crippen LogP contribution in [0.5, 0.6) is 0 Å². The molecular formula is C11H10ClNO3. The highest BCUT2D eigenvalue weighted by Gasteiger charge is 2.16. The summed E-state index contributed by atoms with van der Waals surface area (Å²) in [5.41, 5.74) is 1.25. The van der Waals surface area contributed by atoms with Gasteiger partial charge in [0.1, 0.15) is 0 Å². The zero-order valence-corrected chi connectivity index (χ0v) is 9.03. The summed E-state index contributed by atoms with van der Waals surface area (Å²) >= 11 is 5.97. The second-order valence-electron chi connectivity index (χ2n) is 3.55. The number of nitrogens with one attached hydrogen (secondary N) is 1. The third-order valence-corrected chi connectivity index (χ3v) is 2.72. The SMILES string of the molecule is O=C(O)CC(O)c1cc2[nH]ccc2cc1Cl. The Morgan fingerprint density at radius 1 is 1.50 bits per heavy atom. The monoisotopic (exact) mass is 239 g/mol. The van der Waals surface area contributed by atoms with E-state index < -0.39 is 12.1 Å². The van der Waals surface area contributed by atoms with Crippen molar-refractivity contribution in [3.05, 3.63) is 35.0 Å². The molecule has 1 unspecified atom stereocenters. The lowest BCUT2D eigenvalue weighted by atomic mass is 10.1. The van der Waals surface area contributed by atoms with E-state index in [4.69, 9.17) is 16.7 Å². The van der Waals surface area contributed by atoms with E-state index in [1.165, 1.54) is 0 Å². The topological polar surface area (TPSA) is 73.3 Å². The Morgan fingerprint density at radius 2 is 2.25 bits per heavy atom. The summed E-state index contributed by atoms with van der Waals surface area (Å²) in [6.45, 7) is 0. The number of aliphatic carboxylic acids is 1. The number of benzene rings is 1. The first kappa shape index (κ1) is 11.0. The van der Waals surface area contributed by atoms with Gasteiger partial charge in [-0.05, 0) is 18.2 Å². The molecule has 1 aromatic heterocycles. The predicted octanol–water partition coefficient (Wildman–Crippen LogP) is 2.33. The predicted molar refractivity (Wildman–Crippen MR) is 60.5 cm³/mol. The molecule has 1 atom stereocenters. The number of rotatable bonds is 3. The van der Waals surface area contributed by atoms with Gasteiger partial charge >= 0.3 is 5.97 Å². The average Bonchev–Trinajstić information content (AvgIpc) is 2.61. The molecule has 0 aliphatic heterocycles. The molecule has 1 aromatic carbocycles. The van der Waals surface area contributed by atoms with Gasteiger partial charge < -0.3 is 15.2 Å². The fourth-order valence-electron chi connectivity index (χ4n) is 1.62. The molecule has 0 saturated heterocycles. The van der Waals surface area contributed by atoms with Crippen molar-refractivity contribution in [1.29, 1.82) is 0 Å². The van der Waals surface area contributed by atoms with Gasteiger partial charge in [-0.1, -0.05) is 11.6 Å². The number of carboxylic acids is 1. The van der Waals surface area contributed by atoms with Crippen LogP contribution in [0.3, 0.4) is 0 Å². The molecule has 0 bridgehead atoms. The van der Waals surface area contributed by atoms with Crippen molar-refractivity contribution in [2.24, 2.45) is 0 Å². The molecule has 5 heteroatoms. The van der Waals surface area contributed by atoms with Crippen LogP contribution in [0.15, 0.2) is 24.4 Å². The Kier molecular flexibility index (Phi) is 2.85. The molecule has 2 rings (SSSR count). The number of aromatic amines is 1. The zero-order chi connectivity index (χ0) is 11.7. The van der Waals surface area contributed by atoms with Crippen molar-refractivity contribution in [1.82, 2.24) is 4.98 Å². The van der Waals surface area contributed by atoms with Crippen LogP contribution in [0.2, 0.25) is 5.02 Å². The average molecular weight is 240 g/mol. The van der Waals surface area contributed by atoms with Crippen LogP contribution in [0, 0.1) is 0 Å². The van der Waals surface area contributed by atoms with E-state index >= 15 is 0 Å². The molecule has 4 nitrogen and oxygen atoms in total. The highest BCUT2D eigenvalue weighted by Crippen LogP contribution is 2.29. The summed E-state index contributed by atoms with van der Waals surface area (Å²) in [6.07, 6.45) is 0.318. The van der Waals surface area contributed by atoms with Crippen LogP contribution in [-0.4, -0.2) is 21.2 Å². The lowest BCUT2D eigenvalue weighted by Gasteiger charge is -2.10. The van der Waals surface area contributed by atoms with Crippen molar-refractivity contribution >= 4 is 28.5 Å². The summed E-state index contributed by atoms with van der Waals surface area (Å²) < 4.78 is 0. The number of aliphatic hydroxyl groups is 1. The highest BCUT2D eigenvalue weighted by atomic mass is 35.5. The van der Waals surface area contributed by atoms with Crippen molar-refractivity contribution in [2.45, 2.75) is 12.5 Å². The Bertz CT molecular complexity index is 535. The lowest BCUT2D eigenvalue weighted by molar-refractivity contribution is -0.139. The van der Waals surface area contributed by atoms with Gasteiger partial charge in [0.25, 0.3) is 0 Å². The van der Waals surface area contributed by atoms with Crippen LogP contribution >= 0.6 is 11.6 Å². The molecule has 1 heterocycles. The standard InChI is InChI=1S/C11H10ClNO3/c12-8-3-6-1-2-13-9(6)4-7(8)10(14)5-11(15)16/h1-4,10,13-14H,5H2,(H,15,16). The number of fused-ring (bicyclic) bond motifs is 1. The van der Waals surface area contributed by atoms with Gasteiger partial charge in [0, 0.05) is 27.7 Å². The van der Waals surface area contributed by atoms with E-state index in [1.807, 2.05) is 6.07 Å². The van der Waals surface area contributed by atoms with E-state index in [0.717, 1.165) is 10.9 Å². The smallest absolute Gasteiger partial charge is 0.306 e. The van der Waals surface area contributed by atoms with Crippen molar-refractivity contribution in [2.75, 3.05) is 0 Å². The van der Waals surface area contributed by atoms with Crippen LogP contribution in [-0.2, 0) is 4.79 Å². The van der Waals surface area contributed by atoms with E-state index in [9.17, 15) is 9.90 Å². The number of carbonyl (C=O) groups is 1. The van der Waals surface area contributed by atoms with Crippen LogP contribution in [0.4, 0.5) is 0 Å². The largest absolute Gasteiger partial charge is 0.481 e. The van der Waals surface area contributed by atoms with E-state index in [-0.39, 0.29) is 6.42 Å². The molecule has 0 saturated carbocycles. The third kappa shape index (κ3) is 2.03. The normalized spacial score (nSPS) is 12.9. The maximum Gasteiger partial charge on any atom is 0.306 e. The molecule has 0 spiro atoms. The molecule has 84 valence electrons. The molecule has 16 heavy (non-hydrogen) atoms. The summed E-state index contributed by atoms with van der Waals surface area (Å²) in [7, 11) is 0. The number of aliphatic hydroxyl groups excluding tert-OH is 1. The Hall–Kier alpha value is -1.52. The molecular weight excluding hydrogens is 230 g/mol. The van der Waals surface area contributed by atoms with Gasteiger partial charge in [-0.25, -0.2) is 0 Å². The number of aromatic nitrogens is 1. The number of hydrogen-bond acceptors (Lipinski definition) is 2. The summed E-state index contributed by atoms with van der Waals surface area (Å²) in [5, 5.41) is 19.6. The van der Waals surface area contributed by atoms with E-state index in [1.54, 1.807) is 18.3 Å². The molecule has 0 fully saturated rings. The molecule has 0 aliphatic rings. The summed E-state index contributed by atoms with van der Waals surface area (Å²) in [5.74, 6) is -1.06. The van der Waals surface area contributed by atoms with E-state index in [2.05, 4.69) is 4.98 Å². The summed E-state index contributed by atoms with van der Waals surface area (Å²) in [4.78, 5) is 13.5. The molecule has 0 radical (unpaired) electrons. The quantitative estimate of drug-likeness (QED) is 0.770. The molecule has 0 amide bonds. The van der Waals surface area contributed by atoms with Crippen LogP contribution in [0.1, 0.15) is 18.1 Å². The number of hydrogen-bond donors (Lipinski definition) is 3. The van der Waals surface area contributed by atoms with Gasteiger partial charge in [0.05, 0.1) is 12.5 Å². The Morgan fingerprint density at radius 3 is 2.94 bits per heavy atom. The van der Waals surface area contributed by atoms with Gasteiger partial charge in [-0.3, -0.25) is 4.79 Å². The molecule has 0 aliphatic carbocycles. The first-order valence-corrected chi connectivity index (χ1v) is 5.12. The maximum atomic E-state index is 10.5. The lowest BCUT2D eigenvalue weighted by Crippen LogP contribution is -2.05. The number of carboxylic acid groups (broad SMARTS) is 1. The fourth-order valence-corrected chi connectivity index (χ4v) is 1.92. The van der Waals surface area contributed by atoms with Crippen LogP contribution < -0.4 is 0 Å². The number of halogens is 1. The van der Waals surface area contributed by atoms with Crippen molar-refractivity contribution in [3.8, 4) is 0 Å². The van der Waals surface area contributed by atoms with Crippen molar-refractivity contribution in [3.63, 3.8) is 0 Å². The Labute approximate surface area is 96.5 Å². The highest BCUT2D eigenvalue weighted by molar-refractivity contribution is 6.32. The van der Waals surface area contributed by atoms with Gasteiger partial charge in [0.2, 0.25) is 0 Å². The van der Waals surface area contributed by atoms with Gasteiger partial charge in [-0.15, -0.1) is 0 Å². The maximum absolute atomic E-state index is 10.5.